The van der Waals surface area contributed by atoms with Gasteiger partial charge in [0.1, 0.15) is 11.6 Å². The molecule has 0 saturated heterocycles. The van der Waals surface area contributed by atoms with Crippen LogP contribution in [0, 0.1) is 11.6 Å². The van der Waals surface area contributed by atoms with Crippen LogP contribution in [-0.2, 0) is 5.75 Å². The third-order valence-corrected chi connectivity index (χ3v) is 3.82. The zero-order chi connectivity index (χ0) is 14.7. The molecule has 1 amide bonds. The average Bonchev–Trinajstić information content (AvgIpc) is 2.39. The zero-order valence-corrected chi connectivity index (χ0v) is 11.2. The van der Waals surface area contributed by atoms with Gasteiger partial charge in [-0.2, -0.15) is 0 Å². The molecule has 4 N–H and O–H groups in total. The summed E-state index contributed by atoms with van der Waals surface area (Å²) in [6, 6.07) is 7.96. The van der Waals surface area contributed by atoms with Crippen LogP contribution in [0.15, 0.2) is 41.3 Å². The fourth-order valence-corrected chi connectivity index (χ4v) is 2.57. The zero-order valence-electron chi connectivity index (χ0n) is 10.4. The summed E-state index contributed by atoms with van der Waals surface area (Å²) < 4.78 is 26.6. The van der Waals surface area contributed by atoms with E-state index in [1.807, 2.05) is 0 Å². The van der Waals surface area contributed by atoms with Gasteiger partial charge in [0, 0.05) is 21.9 Å². The van der Waals surface area contributed by atoms with E-state index in [2.05, 4.69) is 0 Å². The number of hydrogen-bond acceptors (Lipinski definition) is 3. The number of hydrogen-bond donors (Lipinski definition) is 2. The van der Waals surface area contributed by atoms with Crippen LogP contribution in [0.1, 0.15) is 15.9 Å². The van der Waals surface area contributed by atoms with Gasteiger partial charge < -0.3 is 11.5 Å². The van der Waals surface area contributed by atoms with E-state index in [9.17, 15) is 13.6 Å². The highest BCUT2D eigenvalue weighted by Crippen LogP contribution is 2.29. The number of benzene rings is 2. The van der Waals surface area contributed by atoms with Crippen molar-refractivity contribution in [2.24, 2.45) is 5.73 Å². The third kappa shape index (κ3) is 3.27. The van der Waals surface area contributed by atoms with E-state index in [4.69, 9.17) is 11.5 Å². The van der Waals surface area contributed by atoms with Crippen LogP contribution in [0.3, 0.4) is 0 Å². The number of amides is 1. The molecule has 0 radical (unpaired) electrons. The Balaban J connectivity index is 2.18. The standard InChI is InChI=1S/C14H12F2N2OS/c15-10-2-4-13(12(17)6-10)20-7-9-5-8(14(18)19)1-3-11(9)16/h1-6H,7,17H2,(H2,18,19). The van der Waals surface area contributed by atoms with Crippen LogP contribution in [-0.4, -0.2) is 5.91 Å². The maximum atomic E-state index is 13.6. The molecule has 0 aliphatic carbocycles. The molecule has 0 aromatic heterocycles. The Labute approximate surface area is 119 Å². The van der Waals surface area contributed by atoms with Crippen molar-refractivity contribution in [3.63, 3.8) is 0 Å². The fraction of sp³-hybridized carbons (Fsp3) is 0.0714. The van der Waals surface area contributed by atoms with Crippen molar-refractivity contribution < 1.29 is 13.6 Å². The molecule has 0 aliphatic heterocycles. The summed E-state index contributed by atoms with van der Waals surface area (Å²) in [6.45, 7) is 0. The van der Waals surface area contributed by atoms with Gasteiger partial charge in [0.25, 0.3) is 0 Å². The molecule has 0 heterocycles. The summed E-state index contributed by atoms with van der Waals surface area (Å²) in [4.78, 5) is 11.7. The van der Waals surface area contributed by atoms with E-state index in [0.717, 1.165) is 0 Å². The van der Waals surface area contributed by atoms with Crippen molar-refractivity contribution in [1.82, 2.24) is 0 Å². The lowest BCUT2D eigenvalue weighted by atomic mass is 10.1. The van der Waals surface area contributed by atoms with Gasteiger partial charge in [0.2, 0.25) is 5.91 Å². The number of carbonyl (C=O) groups is 1. The molecule has 3 nitrogen and oxygen atoms in total. The van der Waals surface area contributed by atoms with Gasteiger partial charge in [-0.25, -0.2) is 8.78 Å². The maximum Gasteiger partial charge on any atom is 0.248 e. The quantitative estimate of drug-likeness (QED) is 0.673. The molecule has 6 heteroatoms. The largest absolute Gasteiger partial charge is 0.398 e. The van der Waals surface area contributed by atoms with Crippen molar-refractivity contribution in [1.29, 1.82) is 0 Å². The number of nitrogen functional groups attached to an aromatic ring is 1. The highest BCUT2D eigenvalue weighted by Gasteiger charge is 2.09. The number of anilines is 1. The Morgan fingerprint density at radius 1 is 1.15 bits per heavy atom. The van der Waals surface area contributed by atoms with Gasteiger partial charge in [-0.1, -0.05) is 0 Å². The van der Waals surface area contributed by atoms with Crippen LogP contribution in [0.25, 0.3) is 0 Å². The Bertz CT molecular complexity index is 662. The van der Waals surface area contributed by atoms with E-state index < -0.39 is 17.5 Å². The predicted octanol–water partition coefficient (Wildman–Crippen LogP) is 2.94. The van der Waals surface area contributed by atoms with Gasteiger partial charge in [0.15, 0.2) is 0 Å². The topological polar surface area (TPSA) is 69.1 Å². The van der Waals surface area contributed by atoms with Crippen molar-refractivity contribution in [2.45, 2.75) is 10.6 Å². The summed E-state index contributed by atoms with van der Waals surface area (Å²) in [5.41, 5.74) is 11.7. The highest BCUT2D eigenvalue weighted by molar-refractivity contribution is 7.98. The minimum Gasteiger partial charge on any atom is -0.398 e. The minimum atomic E-state index is -0.613. The molecular weight excluding hydrogens is 282 g/mol. The predicted molar refractivity (Wildman–Crippen MR) is 75.3 cm³/mol. The Hall–Kier alpha value is -2.08. The summed E-state index contributed by atoms with van der Waals surface area (Å²) in [7, 11) is 0. The van der Waals surface area contributed by atoms with E-state index >= 15 is 0 Å². The second-order valence-electron chi connectivity index (χ2n) is 4.14. The van der Waals surface area contributed by atoms with Gasteiger partial charge in [-0.15, -0.1) is 11.8 Å². The molecule has 2 aromatic rings. The van der Waals surface area contributed by atoms with Crippen molar-refractivity contribution >= 4 is 23.4 Å². The minimum absolute atomic E-state index is 0.245. The number of nitrogens with two attached hydrogens (primary N) is 2. The molecule has 20 heavy (non-hydrogen) atoms. The van der Waals surface area contributed by atoms with E-state index in [0.29, 0.717) is 16.1 Å². The molecule has 2 aromatic carbocycles. The number of carbonyl (C=O) groups excluding carboxylic acids is 1. The van der Waals surface area contributed by atoms with E-state index in [-0.39, 0.29) is 11.3 Å². The van der Waals surface area contributed by atoms with Gasteiger partial charge in [0.05, 0.1) is 0 Å². The molecular formula is C14H12F2N2OS. The lowest BCUT2D eigenvalue weighted by Crippen LogP contribution is -2.11. The summed E-state index contributed by atoms with van der Waals surface area (Å²) in [5, 5.41) is 0. The number of halogens is 2. The maximum absolute atomic E-state index is 13.6. The van der Waals surface area contributed by atoms with Crippen molar-refractivity contribution in [3.05, 3.63) is 59.2 Å². The molecule has 0 saturated carbocycles. The molecule has 0 spiro atoms. The summed E-state index contributed by atoms with van der Waals surface area (Å²) >= 11 is 1.26. The van der Waals surface area contributed by atoms with Gasteiger partial charge in [-0.05, 0) is 42.0 Å². The first-order valence-corrected chi connectivity index (χ1v) is 6.72. The lowest BCUT2D eigenvalue weighted by Gasteiger charge is -2.07. The smallest absolute Gasteiger partial charge is 0.248 e. The normalized spacial score (nSPS) is 10.5. The molecule has 0 unspecified atom stereocenters. The molecule has 104 valence electrons. The summed E-state index contributed by atoms with van der Waals surface area (Å²) in [5.74, 6) is -1.20. The van der Waals surface area contributed by atoms with Crippen LogP contribution in [0.4, 0.5) is 14.5 Å². The van der Waals surface area contributed by atoms with Gasteiger partial charge in [-0.3, -0.25) is 4.79 Å². The monoisotopic (exact) mass is 294 g/mol. The first kappa shape index (κ1) is 14.3. The molecule has 0 aliphatic rings. The van der Waals surface area contributed by atoms with Crippen LogP contribution in [0.5, 0.6) is 0 Å². The van der Waals surface area contributed by atoms with Crippen LogP contribution < -0.4 is 11.5 Å². The molecule has 0 atom stereocenters. The van der Waals surface area contributed by atoms with Crippen molar-refractivity contribution in [2.75, 3.05) is 5.73 Å². The fourth-order valence-electron chi connectivity index (χ4n) is 1.64. The second-order valence-corrected chi connectivity index (χ2v) is 5.16. The highest BCUT2D eigenvalue weighted by atomic mass is 32.2. The Kier molecular flexibility index (Phi) is 4.24. The molecule has 2 rings (SSSR count). The lowest BCUT2D eigenvalue weighted by molar-refractivity contribution is 0.1000. The summed E-state index contributed by atoms with van der Waals surface area (Å²) in [6.07, 6.45) is 0. The second kappa shape index (κ2) is 5.92. The Morgan fingerprint density at radius 2 is 1.90 bits per heavy atom. The molecule has 0 bridgehead atoms. The number of primary amides is 1. The number of thioether (sulfide) groups is 1. The first-order valence-electron chi connectivity index (χ1n) is 5.73. The van der Waals surface area contributed by atoms with Crippen LogP contribution >= 0.6 is 11.8 Å². The van der Waals surface area contributed by atoms with Crippen LogP contribution in [0.2, 0.25) is 0 Å². The van der Waals surface area contributed by atoms with Gasteiger partial charge >= 0.3 is 0 Å². The number of rotatable bonds is 4. The third-order valence-electron chi connectivity index (χ3n) is 2.69. The SMILES string of the molecule is NC(=O)c1ccc(F)c(CSc2ccc(F)cc2N)c1. The van der Waals surface area contributed by atoms with E-state index in [1.165, 1.54) is 48.2 Å². The average molecular weight is 294 g/mol. The molecule has 0 fully saturated rings. The Morgan fingerprint density at radius 3 is 2.55 bits per heavy atom. The van der Waals surface area contributed by atoms with Crippen molar-refractivity contribution in [3.8, 4) is 0 Å². The first-order chi connectivity index (χ1) is 9.47. The van der Waals surface area contributed by atoms with E-state index in [1.54, 1.807) is 0 Å².